The van der Waals surface area contributed by atoms with Crippen LogP contribution in [0.15, 0.2) is 70.4 Å². The smallest absolute Gasteiger partial charge is 0.277 e. The predicted molar refractivity (Wildman–Crippen MR) is 119 cm³/mol. The molecule has 0 radical (unpaired) electrons. The highest BCUT2D eigenvalue weighted by Crippen LogP contribution is 2.30. The number of nitrogens with one attached hydrogen (secondary N) is 1. The van der Waals surface area contributed by atoms with Gasteiger partial charge in [0, 0.05) is 29.2 Å². The van der Waals surface area contributed by atoms with Crippen LogP contribution >= 0.6 is 11.8 Å². The van der Waals surface area contributed by atoms with Crippen LogP contribution in [0.4, 0.5) is 0 Å². The number of thioether (sulfide) groups is 1. The third kappa shape index (κ3) is 4.41. The summed E-state index contributed by atoms with van der Waals surface area (Å²) in [6.45, 7) is 6.69. The van der Waals surface area contributed by atoms with E-state index in [2.05, 4.69) is 15.2 Å². The molecular formula is C23H24N4O2S. The fraction of sp³-hybridized carbons (Fsp3) is 0.261. The number of H-pyrrole nitrogens is 1. The molecule has 0 unspecified atom stereocenters. The molecule has 0 saturated carbocycles. The number of rotatable bonds is 6. The standard InChI is InChI=1S/C23H24N4O2S/c1-23(2,3)27(14-16-9-5-4-6-10-16)20(28)15-30-22-26-25-21(29-22)18-13-24-19-12-8-7-11-17(18)19/h4-13,24H,14-15H2,1-3H3. The average molecular weight is 421 g/mol. The number of carbonyl (C=O) groups is 1. The summed E-state index contributed by atoms with van der Waals surface area (Å²) in [5.74, 6) is 0.710. The van der Waals surface area contributed by atoms with Crippen molar-refractivity contribution in [3.05, 3.63) is 66.4 Å². The summed E-state index contributed by atoms with van der Waals surface area (Å²) in [7, 11) is 0. The van der Waals surface area contributed by atoms with E-state index in [1.807, 2.05) is 86.5 Å². The van der Waals surface area contributed by atoms with Crippen LogP contribution in [0, 0.1) is 0 Å². The van der Waals surface area contributed by atoms with Crippen molar-refractivity contribution in [1.82, 2.24) is 20.1 Å². The number of hydrogen-bond acceptors (Lipinski definition) is 5. The van der Waals surface area contributed by atoms with Gasteiger partial charge in [-0.15, -0.1) is 10.2 Å². The van der Waals surface area contributed by atoms with Gasteiger partial charge in [-0.05, 0) is 32.4 Å². The van der Waals surface area contributed by atoms with Crippen LogP contribution in [0.1, 0.15) is 26.3 Å². The van der Waals surface area contributed by atoms with Crippen molar-refractivity contribution in [2.75, 3.05) is 5.75 Å². The minimum absolute atomic E-state index is 0.0307. The van der Waals surface area contributed by atoms with E-state index in [-0.39, 0.29) is 17.2 Å². The van der Waals surface area contributed by atoms with Crippen molar-refractivity contribution in [1.29, 1.82) is 0 Å². The van der Waals surface area contributed by atoms with Crippen molar-refractivity contribution in [3.63, 3.8) is 0 Å². The van der Waals surface area contributed by atoms with Crippen LogP contribution in [0.2, 0.25) is 0 Å². The van der Waals surface area contributed by atoms with Gasteiger partial charge in [-0.25, -0.2) is 0 Å². The Morgan fingerprint density at radius 1 is 1.07 bits per heavy atom. The minimum Gasteiger partial charge on any atom is -0.411 e. The lowest BCUT2D eigenvalue weighted by Gasteiger charge is -2.35. The fourth-order valence-corrected chi connectivity index (χ4v) is 3.93. The lowest BCUT2D eigenvalue weighted by molar-refractivity contribution is -0.133. The van der Waals surface area contributed by atoms with E-state index in [0.717, 1.165) is 22.0 Å². The molecule has 1 amide bonds. The van der Waals surface area contributed by atoms with Gasteiger partial charge >= 0.3 is 0 Å². The zero-order chi connectivity index (χ0) is 21.1. The molecule has 0 aliphatic heterocycles. The SMILES string of the molecule is CC(C)(C)N(Cc1ccccc1)C(=O)CSc1nnc(-c2c[nH]c3ccccc23)o1. The molecule has 7 heteroatoms. The fourth-order valence-electron chi connectivity index (χ4n) is 3.29. The summed E-state index contributed by atoms with van der Waals surface area (Å²) in [5.41, 5.74) is 2.68. The Morgan fingerprint density at radius 3 is 2.57 bits per heavy atom. The van der Waals surface area contributed by atoms with Gasteiger partial charge in [0.05, 0.1) is 11.3 Å². The topological polar surface area (TPSA) is 75.0 Å². The van der Waals surface area contributed by atoms with Gasteiger partial charge in [0.15, 0.2) is 0 Å². The molecule has 2 aromatic carbocycles. The first-order valence-corrected chi connectivity index (χ1v) is 10.8. The Balaban J connectivity index is 1.45. The lowest BCUT2D eigenvalue weighted by Crippen LogP contribution is -2.45. The van der Waals surface area contributed by atoms with Gasteiger partial charge in [0.2, 0.25) is 5.91 Å². The molecule has 2 aromatic heterocycles. The Labute approximate surface area is 179 Å². The third-order valence-corrected chi connectivity index (χ3v) is 5.64. The normalized spacial score (nSPS) is 11.7. The molecule has 0 aliphatic rings. The second kappa shape index (κ2) is 8.36. The number of hydrogen-bond donors (Lipinski definition) is 1. The molecule has 0 aliphatic carbocycles. The van der Waals surface area contributed by atoms with Crippen molar-refractivity contribution in [3.8, 4) is 11.5 Å². The van der Waals surface area contributed by atoms with Crippen LogP contribution < -0.4 is 0 Å². The highest BCUT2D eigenvalue weighted by atomic mass is 32.2. The number of amides is 1. The molecule has 154 valence electrons. The van der Waals surface area contributed by atoms with E-state index >= 15 is 0 Å². The molecule has 30 heavy (non-hydrogen) atoms. The van der Waals surface area contributed by atoms with Gasteiger partial charge in [0.1, 0.15) is 0 Å². The molecule has 0 bridgehead atoms. The minimum atomic E-state index is -0.294. The molecular weight excluding hydrogens is 396 g/mol. The maximum absolute atomic E-state index is 13.0. The molecule has 1 N–H and O–H groups in total. The van der Waals surface area contributed by atoms with E-state index < -0.39 is 0 Å². The van der Waals surface area contributed by atoms with Crippen LogP contribution in [-0.2, 0) is 11.3 Å². The summed E-state index contributed by atoms with van der Waals surface area (Å²) in [4.78, 5) is 18.1. The van der Waals surface area contributed by atoms with E-state index in [4.69, 9.17) is 4.42 Å². The van der Waals surface area contributed by atoms with E-state index in [1.165, 1.54) is 11.8 Å². The Bertz CT molecular complexity index is 1140. The molecule has 0 spiro atoms. The monoisotopic (exact) mass is 420 g/mol. The quantitative estimate of drug-likeness (QED) is 0.437. The third-order valence-electron chi connectivity index (χ3n) is 4.84. The second-order valence-corrected chi connectivity index (χ2v) is 8.97. The summed E-state index contributed by atoms with van der Waals surface area (Å²) in [6.07, 6.45) is 1.86. The molecule has 0 saturated heterocycles. The lowest BCUT2D eigenvalue weighted by atomic mass is 10.0. The Kier molecular flexibility index (Phi) is 5.63. The van der Waals surface area contributed by atoms with Crippen molar-refractivity contribution in [2.45, 2.75) is 38.1 Å². The summed E-state index contributed by atoms with van der Waals surface area (Å²) >= 11 is 1.27. The molecule has 0 fully saturated rings. The second-order valence-electron chi connectivity index (χ2n) is 8.05. The first-order valence-electron chi connectivity index (χ1n) is 9.79. The van der Waals surface area contributed by atoms with Gasteiger partial charge in [-0.1, -0.05) is 60.3 Å². The van der Waals surface area contributed by atoms with Crippen LogP contribution in [0.3, 0.4) is 0 Å². The maximum Gasteiger partial charge on any atom is 0.277 e. The predicted octanol–water partition coefficient (Wildman–Crippen LogP) is 5.14. The van der Waals surface area contributed by atoms with Gasteiger partial charge in [-0.2, -0.15) is 0 Å². The zero-order valence-corrected chi connectivity index (χ0v) is 18.1. The van der Waals surface area contributed by atoms with Gasteiger partial charge in [0.25, 0.3) is 11.1 Å². The highest BCUT2D eigenvalue weighted by molar-refractivity contribution is 7.99. The summed E-state index contributed by atoms with van der Waals surface area (Å²) in [5, 5.41) is 9.69. The first-order chi connectivity index (χ1) is 14.4. The molecule has 0 atom stereocenters. The molecule has 2 heterocycles. The molecule has 6 nitrogen and oxygen atoms in total. The summed E-state index contributed by atoms with van der Waals surface area (Å²) in [6, 6.07) is 18.0. The van der Waals surface area contributed by atoms with Crippen molar-refractivity contribution < 1.29 is 9.21 Å². The Morgan fingerprint density at radius 2 is 1.80 bits per heavy atom. The maximum atomic E-state index is 13.0. The number of para-hydroxylation sites is 1. The van der Waals surface area contributed by atoms with E-state index in [0.29, 0.717) is 17.7 Å². The summed E-state index contributed by atoms with van der Waals surface area (Å²) < 4.78 is 5.82. The molecule has 4 aromatic rings. The molecule has 4 rings (SSSR count). The van der Waals surface area contributed by atoms with Crippen molar-refractivity contribution >= 4 is 28.6 Å². The van der Waals surface area contributed by atoms with E-state index in [9.17, 15) is 4.79 Å². The first kappa shape index (κ1) is 20.2. The van der Waals surface area contributed by atoms with Crippen LogP contribution in [0.5, 0.6) is 0 Å². The van der Waals surface area contributed by atoms with Gasteiger partial charge in [-0.3, -0.25) is 4.79 Å². The number of nitrogens with zero attached hydrogens (tertiary/aromatic N) is 3. The highest BCUT2D eigenvalue weighted by Gasteiger charge is 2.27. The van der Waals surface area contributed by atoms with E-state index in [1.54, 1.807) is 0 Å². The number of benzene rings is 2. The number of fused-ring (bicyclic) bond motifs is 1. The van der Waals surface area contributed by atoms with Gasteiger partial charge < -0.3 is 14.3 Å². The largest absolute Gasteiger partial charge is 0.411 e. The number of aromatic amines is 1. The van der Waals surface area contributed by atoms with Crippen molar-refractivity contribution in [2.24, 2.45) is 0 Å². The van der Waals surface area contributed by atoms with Crippen LogP contribution in [-0.4, -0.2) is 37.3 Å². The Hall–Kier alpha value is -3.06. The number of aromatic nitrogens is 3. The van der Waals surface area contributed by atoms with Crippen LogP contribution in [0.25, 0.3) is 22.4 Å². The zero-order valence-electron chi connectivity index (χ0n) is 17.3. The average Bonchev–Trinajstić information content (AvgIpc) is 3.37. The number of carbonyl (C=O) groups excluding carboxylic acids is 1.